The number of aromatic nitrogens is 1. The van der Waals surface area contributed by atoms with E-state index in [0.717, 1.165) is 42.6 Å². The highest BCUT2D eigenvalue weighted by Gasteiger charge is 2.07. The summed E-state index contributed by atoms with van der Waals surface area (Å²) in [5.74, 6) is 0. The summed E-state index contributed by atoms with van der Waals surface area (Å²) >= 11 is 6.03. The number of anilines is 1. The molecule has 0 bridgehead atoms. The molecule has 1 aromatic heterocycles. The quantitative estimate of drug-likeness (QED) is 0.753. The van der Waals surface area contributed by atoms with E-state index in [1.54, 1.807) is 0 Å². The number of likely N-dealkylation sites (N-methyl/N-ethyl adjacent to an activating group) is 1. The zero-order valence-electron chi connectivity index (χ0n) is 14.1. The van der Waals surface area contributed by atoms with Crippen LogP contribution in [0, 0.1) is 0 Å². The summed E-state index contributed by atoms with van der Waals surface area (Å²) in [6, 6.07) is 7.80. The standard InChI is InChI=1S/C19H23ClN4/c1-24(2)13-14-3-5-16(11-14)21-9-10-23-18-7-8-22-19-12-15(20)4-6-17(18)19/h4-8,11-12,21H,3,9-10,13H2,1-2H3,(H,22,23). The molecule has 0 aliphatic heterocycles. The number of allylic oxidation sites excluding steroid dienone is 2. The van der Waals surface area contributed by atoms with E-state index in [2.05, 4.69) is 46.8 Å². The molecule has 0 saturated carbocycles. The Bertz CT molecular complexity index is 780. The zero-order chi connectivity index (χ0) is 16.9. The maximum absolute atomic E-state index is 6.03. The molecule has 1 aliphatic rings. The van der Waals surface area contributed by atoms with Gasteiger partial charge < -0.3 is 15.5 Å². The minimum atomic E-state index is 0.710. The first-order chi connectivity index (χ1) is 11.6. The Morgan fingerprint density at radius 1 is 1.17 bits per heavy atom. The highest BCUT2D eigenvalue weighted by Crippen LogP contribution is 2.24. The number of nitrogens with zero attached hydrogens (tertiary/aromatic N) is 2. The maximum Gasteiger partial charge on any atom is 0.0737 e. The fraction of sp³-hybridized carbons (Fsp3) is 0.316. The third-order valence-corrected chi connectivity index (χ3v) is 4.17. The van der Waals surface area contributed by atoms with Gasteiger partial charge in [-0.05, 0) is 50.9 Å². The molecule has 126 valence electrons. The van der Waals surface area contributed by atoms with Crippen molar-refractivity contribution in [2.24, 2.45) is 0 Å². The van der Waals surface area contributed by atoms with Crippen LogP contribution < -0.4 is 10.6 Å². The van der Waals surface area contributed by atoms with Gasteiger partial charge in [-0.2, -0.15) is 0 Å². The molecule has 1 aliphatic carbocycles. The Hall–Kier alpha value is -2.04. The average molecular weight is 343 g/mol. The number of rotatable bonds is 7. The smallest absolute Gasteiger partial charge is 0.0737 e. The average Bonchev–Trinajstić information content (AvgIpc) is 2.98. The monoisotopic (exact) mass is 342 g/mol. The van der Waals surface area contributed by atoms with Gasteiger partial charge in [0.25, 0.3) is 0 Å². The second kappa shape index (κ2) is 7.69. The normalized spacial score (nSPS) is 14.0. The van der Waals surface area contributed by atoms with E-state index in [4.69, 9.17) is 11.6 Å². The number of hydrogen-bond donors (Lipinski definition) is 2. The van der Waals surface area contributed by atoms with Crippen LogP contribution in [-0.4, -0.2) is 43.6 Å². The summed E-state index contributed by atoms with van der Waals surface area (Å²) < 4.78 is 0. The van der Waals surface area contributed by atoms with E-state index < -0.39 is 0 Å². The van der Waals surface area contributed by atoms with Gasteiger partial charge in [-0.25, -0.2) is 0 Å². The van der Waals surface area contributed by atoms with Crippen molar-refractivity contribution in [3.8, 4) is 0 Å². The Kier molecular flexibility index (Phi) is 5.38. The number of halogens is 1. The minimum absolute atomic E-state index is 0.710. The molecule has 0 saturated heterocycles. The SMILES string of the molecule is CN(C)CC1=CC(NCCNc2ccnc3cc(Cl)ccc23)=CC1. The van der Waals surface area contributed by atoms with Crippen LogP contribution in [-0.2, 0) is 0 Å². The van der Waals surface area contributed by atoms with Gasteiger partial charge in [-0.3, -0.25) is 4.98 Å². The second-order valence-corrected chi connectivity index (χ2v) is 6.71. The molecule has 0 atom stereocenters. The third-order valence-electron chi connectivity index (χ3n) is 3.94. The molecular formula is C19H23ClN4. The van der Waals surface area contributed by atoms with Gasteiger partial charge in [-0.1, -0.05) is 23.3 Å². The van der Waals surface area contributed by atoms with Crippen molar-refractivity contribution in [3.63, 3.8) is 0 Å². The van der Waals surface area contributed by atoms with Crippen molar-refractivity contribution in [1.29, 1.82) is 0 Å². The fourth-order valence-electron chi connectivity index (χ4n) is 2.90. The third kappa shape index (κ3) is 4.28. The summed E-state index contributed by atoms with van der Waals surface area (Å²) in [6.07, 6.45) is 7.36. The number of pyridine rings is 1. The first-order valence-corrected chi connectivity index (χ1v) is 8.56. The first kappa shape index (κ1) is 16.8. The molecule has 4 nitrogen and oxygen atoms in total. The highest BCUT2D eigenvalue weighted by molar-refractivity contribution is 6.31. The predicted octanol–water partition coefficient (Wildman–Crippen LogP) is 3.67. The van der Waals surface area contributed by atoms with Crippen LogP contribution in [0.15, 0.2) is 53.9 Å². The van der Waals surface area contributed by atoms with E-state index >= 15 is 0 Å². The zero-order valence-corrected chi connectivity index (χ0v) is 14.9. The molecule has 0 radical (unpaired) electrons. The number of fused-ring (bicyclic) bond motifs is 1. The molecule has 0 spiro atoms. The lowest BCUT2D eigenvalue weighted by atomic mass is 10.2. The number of nitrogens with one attached hydrogen (secondary N) is 2. The van der Waals surface area contributed by atoms with Crippen molar-refractivity contribution < 1.29 is 0 Å². The molecule has 0 fully saturated rings. The Balaban J connectivity index is 1.52. The van der Waals surface area contributed by atoms with E-state index in [1.165, 1.54) is 11.3 Å². The van der Waals surface area contributed by atoms with Crippen LogP contribution in [0.2, 0.25) is 5.02 Å². The van der Waals surface area contributed by atoms with E-state index in [9.17, 15) is 0 Å². The molecule has 0 amide bonds. The van der Waals surface area contributed by atoms with Crippen LogP contribution >= 0.6 is 11.6 Å². The Labute approximate surface area is 148 Å². The summed E-state index contributed by atoms with van der Waals surface area (Å²) in [6.45, 7) is 2.73. The van der Waals surface area contributed by atoms with Gasteiger partial charge in [0, 0.05) is 47.6 Å². The van der Waals surface area contributed by atoms with Crippen molar-refractivity contribution in [3.05, 3.63) is 58.9 Å². The van der Waals surface area contributed by atoms with E-state index in [-0.39, 0.29) is 0 Å². The lowest BCUT2D eigenvalue weighted by Gasteiger charge is -2.11. The molecule has 2 aromatic rings. The van der Waals surface area contributed by atoms with E-state index in [1.807, 2.05) is 30.5 Å². The van der Waals surface area contributed by atoms with Gasteiger partial charge in [0.05, 0.1) is 5.52 Å². The van der Waals surface area contributed by atoms with Crippen molar-refractivity contribution >= 4 is 28.2 Å². The van der Waals surface area contributed by atoms with Gasteiger partial charge in [0.1, 0.15) is 0 Å². The molecule has 3 rings (SSSR count). The van der Waals surface area contributed by atoms with Gasteiger partial charge >= 0.3 is 0 Å². The topological polar surface area (TPSA) is 40.2 Å². The van der Waals surface area contributed by atoms with Crippen LogP contribution in [0.3, 0.4) is 0 Å². The largest absolute Gasteiger partial charge is 0.384 e. The molecule has 2 N–H and O–H groups in total. The lowest BCUT2D eigenvalue weighted by molar-refractivity contribution is 0.443. The van der Waals surface area contributed by atoms with Crippen molar-refractivity contribution in [2.75, 3.05) is 39.0 Å². The first-order valence-electron chi connectivity index (χ1n) is 8.18. The molecule has 1 aromatic carbocycles. The highest BCUT2D eigenvalue weighted by atomic mass is 35.5. The van der Waals surface area contributed by atoms with Crippen LogP contribution in [0.1, 0.15) is 6.42 Å². The summed E-state index contributed by atoms with van der Waals surface area (Å²) in [7, 11) is 4.20. The second-order valence-electron chi connectivity index (χ2n) is 6.28. The number of benzene rings is 1. The molecule has 24 heavy (non-hydrogen) atoms. The molecule has 0 unspecified atom stereocenters. The Morgan fingerprint density at radius 2 is 2.00 bits per heavy atom. The molecule has 1 heterocycles. The molecule has 5 heteroatoms. The summed E-state index contributed by atoms with van der Waals surface area (Å²) in [4.78, 5) is 6.56. The van der Waals surface area contributed by atoms with Crippen molar-refractivity contribution in [2.45, 2.75) is 6.42 Å². The van der Waals surface area contributed by atoms with Gasteiger partial charge in [-0.15, -0.1) is 0 Å². The van der Waals surface area contributed by atoms with Gasteiger partial charge in [0.2, 0.25) is 0 Å². The maximum atomic E-state index is 6.03. The van der Waals surface area contributed by atoms with Gasteiger partial charge in [0.15, 0.2) is 0 Å². The Morgan fingerprint density at radius 3 is 2.83 bits per heavy atom. The predicted molar refractivity (Wildman–Crippen MR) is 103 cm³/mol. The van der Waals surface area contributed by atoms with Crippen LogP contribution in [0.5, 0.6) is 0 Å². The lowest BCUT2D eigenvalue weighted by Crippen LogP contribution is -2.20. The number of hydrogen-bond acceptors (Lipinski definition) is 4. The minimum Gasteiger partial charge on any atom is -0.384 e. The molecular weight excluding hydrogens is 320 g/mol. The fourth-order valence-corrected chi connectivity index (χ4v) is 3.06. The van der Waals surface area contributed by atoms with Crippen LogP contribution in [0.4, 0.5) is 5.69 Å². The summed E-state index contributed by atoms with van der Waals surface area (Å²) in [5.41, 5.74) is 4.67. The van der Waals surface area contributed by atoms with E-state index in [0.29, 0.717) is 5.02 Å². The summed E-state index contributed by atoms with van der Waals surface area (Å²) in [5, 5.41) is 8.76. The van der Waals surface area contributed by atoms with Crippen LogP contribution in [0.25, 0.3) is 10.9 Å². The van der Waals surface area contributed by atoms with Crippen molar-refractivity contribution in [1.82, 2.24) is 15.2 Å².